The Labute approximate surface area is 139 Å². The lowest BCUT2D eigenvalue weighted by atomic mass is 10.0. The number of nitrogens with zero attached hydrogens (tertiary/aromatic N) is 2. The van der Waals surface area contributed by atoms with Crippen LogP contribution in [0.1, 0.15) is 31.4 Å². The molecule has 5 nitrogen and oxygen atoms in total. The highest BCUT2D eigenvalue weighted by Gasteiger charge is 2.26. The minimum atomic E-state index is 0.232. The van der Waals surface area contributed by atoms with Gasteiger partial charge in [0.2, 0.25) is 0 Å². The molecule has 2 aliphatic heterocycles. The number of benzene rings is 1. The fraction of sp³-hybridized carbons (Fsp3) is 0.667. The van der Waals surface area contributed by atoms with Crippen molar-refractivity contribution >= 4 is 0 Å². The van der Waals surface area contributed by atoms with Gasteiger partial charge in [0.15, 0.2) is 11.5 Å². The average Bonchev–Trinajstić information content (AvgIpc) is 3.09. The summed E-state index contributed by atoms with van der Waals surface area (Å²) in [7, 11) is 0. The highest BCUT2D eigenvalue weighted by molar-refractivity contribution is 5.43. The van der Waals surface area contributed by atoms with Gasteiger partial charge in [-0.1, -0.05) is 6.07 Å². The quantitative estimate of drug-likeness (QED) is 0.838. The molecule has 0 radical (unpaired) electrons. The van der Waals surface area contributed by atoms with E-state index in [9.17, 15) is 5.11 Å². The van der Waals surface area contributed by atoms with Crippen molar-refractivity contribution in [2.75, 3.05) is 52.4 Å². The average molecular weight is 319 g/mol. The Balaban J connectivity index is 1.82. The van der Waals surface area contributed by atoms with Gasteiger partial charge in [0, 0.05) is 38.8 Å². The first-order chi connectivity index (χ1) is 11.3. The summed E-state index contributed by atoms with van der Waals surface area (Å²) in [5, 5.41) is 13.4. The maximum absolute atomic E-state index is 9.98. The molecule has 5 heteroatoms. The number of hydrogen-bond acceptors (Lipinski definition) is 5. The molecular formula is C18H29N3O2. The molecule has 1 aromatic carbocycles. The smallest absolute Gasteiger partial charge is 0.161 e. The van der Waals surface area contributed by atoms with Gasteiger partial charge < -0.3 is 20.1 Å². The van der Waals surface area contributed by atoms with Crippen molar-refractivity contribution in [3.63, 3.8) is 0 Å². The highest BCUT2D eigenvalue weighted by atomic mass is 16.5. The second-order valence-electron chi connectivity index (χ2n) is 6.47. The standard InChI is InChI=1S/C18H29N3O2/c1-2-23-18-13-15(5-6-17(18)22)16(14-20-9-3-4-10-20)21-11-7-19-8-12-21/h5-6,13,16,19,22H,2-4,7-12,14H2,1H3. The first kappa shape index (κ1) is 16.6. The topological polar surface area (TPSA) is 48.0 Å². The van der Waals surface area contributed by atoms with E-state index in [1.54, 1.807) is 6.07 Å². The van der Waals surface area contributed by atoms with Gasteiger partial charge in [-0.25, -0.2) is 0 Å². The number of phenols is 1. The molecule has 0 spiro atoms. The maximum atomic E-state index is 9.98. The van der Waals surface area contributed by atoms with Crippen molar-refractivity contribution in [3.05, 3.63) is 23.8 Å². The molecule has 0 aromatic heterocycles. The van der Waals surface area contributed by atoms with Crippen molar-refractivity contribution in [1.82, 2.24) is 15.1 Å². The van der Waals surface area contributed by atoms with Crippen LogP contribution >= 0.6 is 0 Å². The van der Waals surface area contributed by atoms with Gasteiger partial charge in [0.1, 0.15) is 0 Å². The molecule has 1 aromatic rings. The minimum Gasteiger partial charge on any atom is -0.504 e. The van der Waals surface area contributed by atoms with Crippen molar-refractivity contribution in [1.29, 1.82) is 0 Å². The van der Waals surface area contributed by atoms with Crippen LogP contribution in [0.3, 0.4) is 0 Å². The van der Waals surface area contributed by atoms with Gasteiger partial charge in [0.25, 0.3) is 0 Å². The largest absolute Gasteiger partial charge is 0.504 e. The van der Waals surface area contributed by atoms with Crippen LogP contribution in [-0.2, 0) is 0 Å². The van der Waals surface area contributed by atoms with Crippen LogP contribution in [0, 0.1) is 0 Å². The summed E-state index contributed by atoms with van der Waals surface area (Å²) in [6, 6.07) is 6.23. The van der Waals surface area contributed by atoms with Crippen LogP contribution in [0.15, 0.2) is 18.2 Å². The van der Waals surface area contributed by atoms with E-state index in [-0.39, 0.29) is 5.75 Å². The zero-order valence-electron chi connectivity index (χ0n) is 14.1. The lowest BCUT2D eigenvalue weighted by molar-refractivity contribution is 0.135. The Kier molecular flexibility index (Phi) is 5.75. The fourth-order valence-corrected chi connectivity index (χ4v) is 3.64. The Bertz CT molecular complexity index is 497. The number of aromatic hydroxyl groups is 1. The SMILES string of the molecule is CCOc1cc(C(CN2CCCC2)N2CCNCC2)ccc1O. The Hall–Kier alpha value is -1.30. The third kappa shape index (κ3) is 4.16. The molecule has 0 amide bonds. The zero-order chi connectivity index (χ0) is 16.1. The molecule has 2 fully saturated rings. The van der Waals surface area contributed by atoms with Crippen molar-refractivity contribution in [3.8, 4) is 11.5 Å². The van der Waals surface area contributed by atoms with Gasteiger partial charge in [-0.15, -0.1) is 0 Å². The maximum Gasteiger partial charge on any atom is 0.161 e. The predicted octanol–water partition coefficient (Wildman–Crippen LogP) is 1.83. The van der Waals surface area contributed by atoms with Crippen LogP contribution < -0.4 is 10.1 Å². The van der Waals surface area contributed by atoms with Crippen molar-refractivity contribution < 1.29 is 9.84 Å². The molecule has 0 saturated carbocycles. The molecule has 2 aliphatic rings. The van der Waals surface area contributed by atoms with E-state index in [1.807, 2.05) is 13.0 Å². The molecule has 0 aliphatic carbocycles. The van der Waals surface area contributed by atoms with E-state index in [4.69, 9.17) is 4.74 Å². The summed E-state index contributed by atoms with van der Waals surface area (Å²) < 4.78 is 5.59. The van der Waals surface area contributed by atoms with Gasteiger partial charge >= 0.3 is 0 Å². The van der Waals surface area contributed by atoms with Crippen LogP contribution in [-0.4, -0.2) is 67.3 Å². The Morgan fingerprint density at radius 1 is 1.17 bits per heavy atom. The summed E-state index contributed by atoms with van der Waals surface area (Å²) in [6.07, 6.45) is 2.63. The summed E-state index contributed by atoms with van der Waals surface area (Å²) in [4.78, 5) is 5.14. The Morgan fingerprint density at radius 2 is 1.91 bits per heavy atom. The molecule has 0 bridgehead atoms. The monoisotopic (exact) mass is 319 g/mol. The fourth-order valence-electron chi connectivity index (χ4n) is 3.64. The molecule has 1 atom stereocenters. The summed E-state index contributed by atoms with van der Waals surface area (Å²) in [5.74, 6) is 0.836. The molecule has 1 unspecified atom stereocenters. The van der Waals surface area contributed by atoms with Crippen LogP contribution in [0.5, 0.6) is 11.5 Å². The summed E-state index contributed by atoms with van der Waals surface area (Å²) >= 11 is 0. The van der Waals surface area contributed by atoms with Crippen molar-refractivity contribution in [2.45, 2.75) is 25.8 Å². The third-order valence-electron chi connectivity index (χ3n) is 4.89. The molecule has 2 N–H and O–H groups in total. The minimum absolute atomic E-state index is 0.232. The number of rotatable bonds is 6. The third-order valence-corrected chi connectivity index (χ3v) is 4.89. The van der Waals surface area contributed by atoms with E-state index in [0.29, 0.717) is 18.4 Å². The first-order valence-electron chi connectivity index (χ1n) is 8.90. The lowest BCUT2D eigenvalue weighted by Crippen LogP contribution is -2.47. The molecule has 128 valence electrons. The second kappa shape index (κ2) is 7.99. The van der Waals surface area contributed by atoms with E-state index >= 15 is 0 Å². The molecule has 2 heterocycles. The summed E-state index contributed by atoms with van der Waals surface area (Å²) in [5.41, 5.74) is 1.25. The van der Waals surface area contributed by atoms with Gasteiger partial charge in [0.05, 0.1) is 6.61 Å². The number of nitrogens with one attached hydrogen (secondary N) is 1. The normalized spacial score (nSPS) is 21.4. The molecule has 2 saturated heterocycles. The van der Waals surface area contributed by atoms with Gasteiger partial charge in [-0.2, -0.15) is 0 Å². The van der Waals surface area contributed by atoms with Crippen LogP contribution in [0.25, 0.3) is 0 Å². The summed E-state index contributed by atoms with van der Waals surface area (Å²) in [6.45, 7) is 10.2. The van der Waals surface area contributed by atoms with E-state index in [1.165, 1.54) is 31.5 Å². The number of likely N-dealkylation sites (tertiary alicyclic amines) is 1. The zero-order valence-corrected chi connectivity index (χ0v) is 14.1. The van der Waals surface area contributed by atoms with Crippen molar-refractivity contribution in [2.24, 2.45) is 0 Å². The molecule has 3 rings (SSSR count). The van der Waals surface area contributed by atoms with Crippen LogP contribution in [0.4, 0.5) is 0 Å². The first-order valence-corrected chi connectivity index (χ1v) is 8.90. The molecule has 23 heavy (non-hydrogen) atoms. The van der Waals surface area contributed by atoms with E-state index in [2.05, 4.69) is 21.2 Å². The lowest BCUT2D eigenvalue weighted by Gasteiger charge is -2.37. The van der Waals surface area contributed by atoms with E-state index < -0.39 is 0 Å². The molecular weight excluding hydrogens is 290 g/mol. The van der Waals surface area contributed by atoms with Gasteiger partial charge in [-0.05, 0) is 50.6 Å². The van der Waals surface area contributed by atoms with Gasteiger partial charge in [-0.3, -0.25) is 4.90 Å². The number of ether oxygens (including phenoxy) is 1. The Morgan fingerprint density at radius 3 is 2.61 bits per heavy atom. The van der Waals surface area contributed by atoms with Crippen LogP contribution in [0.2, 0.25) is 0 Å². The second-order valence-corrected chi connectivity index (χ2v) is 6.47. The predicted molar refractivity (Wildman–Crippen MR) is 92.1 cm³/mol. The number of piperazine rings is 1. The van der Waals surface area contributed by atoms with E-state index in [0.717, 1.165) is 32.7 Å². The number of phenolic OH excluding ortho intramolecular Hbond substituents is 1. The highest BCUT2D eigenvalue weighted by Crippen LogP contribution is 2.32. The number of hydrogen-bond donors (Lipinski definition) is 2.